The second kappa shape index (κ2) is 13.1. The van der Waals surface area contributed by atoms with Gasteiger partial charge < -0.3 is 26.4 Å². The van der Waals surface area contributed by atoms with Crippen LogP contribution in [0.15, 0.2) is 48.9 Å². The summed E-state index contributed by atoms with van der Waals surface area (Å²) in [5.74, 6) is 5.58. The predicted molar refractivity (Wildman–Crippen MR) is 161 cm³/mol. The average Bonchev–Trinajstić information content (AvgIpc) is 3.38. The Morgan fingerprint density at radius 1 is 1.07 bits per heavy atom. The summed E-state index contributed by atoms with van der Waals surface area (Å²) in [6.07, 6.45) is 9.52. The highest BCUT2D eigenvalue weighted by Gasteiger charge is 2.47. The van der Waals surface area contributed by atoms with Crippen LogP contribution in [0.3, 0.4) is 0 Å². The van der Waals surface area contributed by atoms with E-state index in [-0.39, 0.29) is 18.5 Å². The topological polar surface area (TPSA) is 132 Å². The fraction of sp³-hybridized carbons (Fsp3) is 0.407. The Balaban J connectivity index is 1.78. The van der Waals surface area contributed by atoms with Crippen LogP contribution in [0.25, 0.3) is 11.1 Å². The Kier molecular flexibility index (Phi) is 10.3. The molecule has 0 fully saturated rings. The van der Waals surface area contributed by atoms with Crippen LogP contribution < -0.4 is 16.2 Å². The molecule has 0 spiro atoms. The number of hydrogen-bond acceptors (Lipinski definition) is 7. The van der Waals surface area contributed by atoms with Crippen molar-refractivity contribution in [2.75, 3.05) is 12.3 Å². The lowest BCUT2D eigenvalue weighted by Gasteiger charge is -2.46. The van der Waals surface area contributed by atoms with E-state index in [1.54, 1.807) is 30.6 Å². The van der Waals surface area contributed by atoms with Gasteiger partial charge in [-0.1, -0.05) is 48.9 Å². The molecule has 0 aliphatic rings. The molecule has 3 rings (SSSR count). The first-order chi connectivity index (χ1) is 18.8. The lowest BCUT2D eigenvalue weighted by molar-refractivity contribution is -0.0129. The van der Waals surface area contributed by atoms with Crippen LogP contribution >= 0.6 is 0 Å². The number of nitrogen functional groups attached to an aromatic ring is 1. The van der Waals surface area contributed by atoms with Crippen LogP contribution in [-0.2, 0) is 6.61 Å². The number of nitrogens with two attached hydrogens (primary N) is 2. The molecule has 2 unspecified atom stereocenters. The zero-order valence-corrected chi connectivity index (χ0v) is 22.6. The van der Waals surface area contributed by atoms with Gasteiger partial charge in [0.15, 0.2) is 11.6 Å². The first kappa shape index (κ1) is 31.5. The second-order valence-corrected chi connectivity index (χ2v) is 9.90. The third kappa shape index (κ3) is 7.57. The maximum Gasteiger partial charge on any atom is 0.166 e. The molecule has 3 aromatic rings. The lowest BCUT2D eigenvalue weighted by Crippen LogP contribution is -2.62. The average molecular weight is 527 g/mol. The number of pyridine rings is 1. The number of aliphatic hydroxyl groups is 2. The number of ether oxygens (including phenoxy) is 1. The molecule has 0 aliphatic carbocycles. The van der Waals surface area contributed by atoms with Crippen molar-refractivity contribution in [3.05, 3.63) is 60.0 Å². The summed E-state index contributed by atoms with van der Waals surface area (Å²) in [4.78, 5) is 4.29. The van der Waals surface area contributed by atoms with E-state index in [1.165, 1.54) is 0 Å². The van der Waals surface area contributed by atoms with Gasteiger partial charge in [0, 0.05) is 34.5 Å². The van der Waals surface area contributed by atoms with E-state index in [4.69, 9.17) is 55.4 Å². The summed E-state index contributed by atoms with van der Waals surface area (Å²) < 4.78 is 7.93. The van der Waals surface area contributed by atoms with Crippen molar-refractivity contribution >= 4 is 45.0 Å². The lowest BCUT2D eigenvalue weighted by atomic mass is 9.30. The predicted octanol–water partition coefficient (Wildman–Crippen LogP) is 0.831. The van der Waals surface area contributed by atoms with Crippen molar-refractivity contribution in [3.63, 3.8) is 0 Å². The molecule has 10 radical (unpaired) electrons. The molecule has 1 aromatic carbocycles. The first-order valence-electron chi connectivity index (χ1n) is 12.9. The van der Waals surface area contributed by atoms with Gasteiger partial charge in [-0.15, -0.1) is 0 Å². The Morgan fingerprint density at radius 3 is 2.48 bits per heavy atom. The number of rotatable bonds is 12. The van der Waals surface area contributed by atoms with E-state index >= 15 is 0 Å². The molecule has 0 saturated carbocycles. The van der Waals surface area contributed by atoms with Gasteiger partial charge in [-0.2, -0.15) is 5.10 Å². The van der Waals surface area contributed by atoms with Crippen molar-refractivity contribution in [1.82, 2.24) is 14.8 Å². The molecule has 2 aromatic heterocycles. The van der Waals surface area contributed by atoms with Gasteiger partial charge in [-0.05, 0) is 43.1 Å². The highest BCUT2D eigenvalue weighted by Crippen LogP contribution is 2.35. The fourth-order valence-corrected chi connectivity index (χ4v) is 4.07. The number of unbranched alkanes of at least 4 members (excludes halogenated alkanes) is 1. The summed E-state index contributed by atoms with van der Waals surface area (Å²) in [7, 11) is 27.5. The van der Waals surface area contributed by atoms with Crippen molar-refractivity contribution in [1.29, 1.82) is 0 Å². The maximum absolute atomic E-state index is 10.6. The Morgan fingerprint density at radius 2 is 1.82 bits per heavy atom. The maximum atomic E-state index is 10.6. The summed E-state index contributed by atoms with van der Waals surface area (Å²) in [6, 6.07) is 8.93. The second-order valence-electron chi connectivity index (χ2n) is 9.90. The highest BCUT2D eigenvalue weighted by molar-refractivity contribution is 6.61. The number of aromatic nitrogens is 3. The number of benzene rings is 1. The molecular weight excluding hydrogens is 496 g/mol. The molecule has 0 bridgehead atoms. The molecule has 0 aliphatic heterocycles. The van der Waals surface area contributed by atoms with E-state index < -0.39 is 16.1 Å². The molecule has 196 valence electrons. The SMILES string of the molecule is [B]C([B])([B])C(O)(C#Cc1cccc(COc2cc(-c3cnn(C(CCN)CCCC)c3)cnc2N)c1)C([B])([B])O. The molecule has 6 N–H and O–H groups in total. The van der Waals surface area contributed by atoms with Gasteiger partial charge >= 0.3 is 0 Å². The summed E-state index contributed by atoms with van der Waals surface area (Å²) in [5.41, 5.74) is 12.0. The monoisotopic (exact) mass is 527 g/mol. The first-order valence-corrected chi connectivity index (χ1v) is 12.9. The normalized spacial score (nSPS) is 14.1. The van der Waals surface area contributed by atoms with E-state index in [0.717, 1.165) is 42.4 Å². The molecule has 2 heterocycles. The zero-order chi connectivity index (χ0) is 29.6. The third-order valence-corrected chi connectivity index (χ3v) is 6.50. The summed E-state index contributed by atoms with van der Waals surface area (Å²) in [6.45, 7) is 2.89. The zero-order valence-electron chi connectivity index (χ0n) is 22.6. The Hall–Kier alpha value is -3.06. The molecule has 2 atom stereocenters. The summed E-state index contributed by atoms with van der Waals surface area (Å²) >= 11 is 0. The third-order valence-electron chi connectivity index (χ3n) is 6.50. The van der Waals surface area contributed by atoms with Crippen LogP contribution in [0, 0.1) is 11.8 Å². The minimum atomic E-state index is -2.79. The molecule has 40 heavy (non-hydrogen) atoms. The van der Waals surface area contributed by atoms with Gasteiger partial charge in [0.1, 0.15) is 27.9 Å². The van der Waals surface area contributed by atoms with Crippen molar-refractivity contribution in [2.24, 2.45) is 5.73 Å². The Labute approximate surface area is 242 Å². The van der Waals surface area contributed by atoms with E-state index in [0.29, 0.717) is 17.9 Å². The highest BCUT2D eigenvalue weighted by atomic mass is 16.5. The van der Waals surface area contributed by atoms with Crippen molar-refractivity contribution in [2.45, 2.75) is 61.4 Å². The van der Waals surface area contributed by atoms with Crippen LogP contribution in [0.4, 0.5) is 5.82 Å². The molecule has 8 nitrogen and oxygen atoms in total. The minimum Gasteiger partial charge on any atom is -0.485 e. The standard InChI is InChI=1S/C27H30B5N5O3/c1-2-3-7-22(9-11-33)37-16-21(15-36-37)20-13-23(24(34)35-14-20)40-17-19-6-4-5-18(12-19)8-10-25(38,26(28,29)30)27(31,32)39/h4-6,12-16,22,38-39H,2-3,7,9,11,17,33H2,1H3,(H2,34,35). The van der Waals surface area contributed by atoms with Gasteiger partial charge in [-0.3, -0.25) is 4.68 Å². The molecular formula is C27H30B5N5O3. The number of anilines is 1. The van der Waals surface area contributed by atoms with Crippen molar-refractivity contribution in [3.8, 4) is 28.7 Å². The molecule has 13 heteroatoms. The summed E-state index contributed by atoms with van der Waals surface area (Å²) in [5, 5.41) is 19.9. The van der Waals surface area contributed by atoms with Crippen molar-refractivity contribution < 1.29 is 14.9 Å². The van der Waals surface area contributed by atoms with Gasteiger partial charge in [0.2, 0.25) is 0 Å². The fourth-order valence-electron chi connectivity index (χ4n) is 4.07. The van der Waals surface area contributed by atoms with Gasteiger partial charge in [0.25, 0.3) is 0 Å². The van der Waals surface area contributed by atoms with Crippen LogP contribution in [0.5, 0.6) is 5.75 Å². The number of hydrogen-bond donors (Lipinski definition) is 4. The molecule has 0 saturated heterocycles. The van der Waals surface area contributed by atoms with Gasteiger partial charge in [-0.25, -0.2) is 4.98 Å². The van der Waals surface area contributed by atoms with E-state index in [9.17, 15) is 10.2 Å². The number of nitrogens with zero attached hydrogens (tertiary/aromatic N) is 3. The van der Waals surface area contributed by atoms with E-state index in [1.807, 2.05) is 23.0 Å². The van der Waals surface area contributed by atoms with Crippen LogP contribution in [0.2, 0.25) is 5.11 Å². The minimum absolute atomic E-state index is 0.135. The largest absolute Gasteiger partial charge is 0.485 e. The van der Waals surface area contributed by atoms with Crippen LogP contribution in [0.1, 0.15) is 49.8 Å². The Bertz CT molecular complexity index is 1330. The van der Waals surface area contributed by atoms with Gasteiger partial charge in [0.05, 0.1) is 35.8 Å². The van der Waals surface area contributed by atoms with Crippen LogP contribution in [-0.4, -0.2) is 81.8 Å². The molecule has 0 amide bonds. The van der Waals surface area contributed by atoms with E-state index in [2.05, 4.69) is 28.8 Å². The quantitative estimate of drug-likeness (QED) is 0.203. The smallest absolute Gasteiger partial charge is 0.166 e.